The fraction of sp³-hybridized carbons (Fsp3) is 0.200. The van der Waals surface area contributed by atoms with E-state index in [-0.39, 0.29) is 11.7 Å². The molecule has 10 heteroatoms. The minimum Gasteiger partial charge on any atom is -0.340 e. The summed E-state index contributed by atoms with van der Waals surface area (Å²) in [6.07, 6.45) is 2.37. The standard InChI is InChI=1S/C20H19ClN4O4S/c1-30-10-9-16(23-18(26)14-7-2-3-8-15(14)21)19(27)22-13-6-4-5-12(11-13)17-24-20(28)29-25-17/h2-8,11,16H,9-10H2,1H3,(H,22,27)(H,23,26)(H,24,25,28). The largest absolute Gasteiger partial charge is 0.439 e. The lowest BCUT2D eigenvalue weighted by Gasteiger charge is -2.19. The molecule has 3 aromatic rings. The van der Waals surface area contributed by atoms with Gasteiger partial charge in [-0.1, -0.05) is 41.0 Å². The summed E-state index contributed by atoms with van der Waals surface area (Å²) in [5.41, 5.74) is 1.36. The van der Waals surface area contributed by atoms with Crippen LogP contribution in [0.15, 0.2) is 57.8 Å². The number of H-pyrrole nitrogens is 1. The Hall–Kier alpha value is -3.04. The van der Waals surface area contributed by atoms with Crippen LogP contribution in [0, 0.1) is 0 Å². The zero-order valence-corrected chi connectivity index (χ0v) is 17.5. The van der Waals surface area contributed by atoms with E-state index in [0.717, 1.165) is 0 Å². The lowest BCUT2D eigenvalue weighted by atomic mass is 10.1. The number of nitrogens with one attached hydrogen (secondary N) is 3. The predicted molar refractivity (Wildman–Crippen MR) is 117 cm³/mol. The lowest BCUT2D eigenvalue weighted by Crippen LogP contribution is -2.44. The fourth-order valence-corrected chi connectivity index (χ4v) is 3.41. The minimum atomic E-state index is -0.753. The Morgan fingerprint density at radius 3 is 2.73 bits per heavy atom. The third-order valence-electron chi connectivity index (χ3n) is 4.19. The Morgan fingerprint density at radius 2 is 2.03 bits per heavy atom. The van der Waals surface area contributed by atoms with Gasteiger partial charge in [0.1, 0.15) is 6.04 Å². The van der Waals surface area contributed by atoms with Gasteiger partial charge in [0.25, 0.3) is 5.91 Å². The summed E-state index contributed by atoms with van der Waals surface area (Å²) in [5, 5.41) is 9.50. The maximum atomic E-state index is 12.9. The molecule has 3 N–H and O–H groups in total. The van der Waals surface area contributed by atoms with Crippen molar-refractivity contribution in [1.82, 2.24) is 15.5 Å². The molecule has 1 unspecified atom stereocenters. The van der Waals surface area contributed by atoms with Gasteiger partial charge in [-0.15, -0.1) is 0 Å². The van der Waals surface area contributed by atoms with Gasteiger partial charge in [0, 0.05) is 11.3 Å². The van der Waals surface area contributed by atoms with Crippen molar-refractivity contribution in [2.24, 2.45) is 0 Å². The second kappa shape index (κ2) is 10.1. The third-order valence-corrected chi connectivity index (χ3v) is 5.17. The first kappa shape index (κ1) is 21.7. The molecule has 0 spiro atoms. The first-order valence-corrected chi connectivity index (χ1v) is 10.8. The number of hydrogen-bond donors (Lipinski definition) is 3. The van der Waals surface area contributed by atoms with E-state index in [9.17, 15) is 14.4 Å². The summed E-state index contributed by atoms with van der Waals surface area (Å²) in [6, 6.07) is 12.7. The van der Waals surface area contributed by atoms with Gasteiger partial charge in [-0.25, -0.2) is 4.79 Å². The molecule has 0 bridgehead atoms. The van der Waals surface area contributed by atoms with Crippen LogP contribution in [0.3, 0.4) is 0 Å². The zero-order valence-electron chi connectivity index (χ0n) is 16.0. The molecule has 0 aliphatic carbocycles. The van der Waals surface area contributed by atoms with Crippen LogP contribution in [0.5, 0.6) is 0 Å². The van der Waals surface area contributed by atoms with Crippen LogP contribution in [-0.4, -0.2) is 40.0 Å². The SMILES string of the molecule is CSCCC(NC(=O)c1ccccc1Cl)C(=O)Nc1cccc(-c2noc(=O)[nH]2)c1. The smallest absolute Gasteiger partial charge is 0.340 e. The van der Waals surface area contributed by atoms with Crippen molar-refractivity contribution in [2.45, 2.75) is 12.5 Å². The molecule has 3 rings (SSSR count). The Balaban J connectivity index is 1.75. The Bertz CT molecular complexity index is 1100. The summed E-state index contributed by atoms with van der Waals surface area (Å²) >= 11 is 7.66. The highest BCUT2D eigenvalue weighted by atomic mass is 35.5. The van der Waals surface area contributed by atoms with E-state index in [1.165, 1.54) is 0 Å². The molecular formula is C20H19ClN4O4S. The van der Waals surface area contributed by atoms with Crippen molar-refractivity contribution in [3.63, 3.8) is 0 Å². The van der Waals surface area contributed by atoms with Gasteiger partial charge in [-0.2, -0.15) is 11.8 Å². The van der Waals surface area contributed by atoms with Gasteiger partial charge in [0.15, 0.2) is 5.82 Å². The van der Waals surface area contributed by atoms with Crippen LogP contribution in [0.1, 0.15) is 16.8 Å². The van der Waals surface area contributed by atoms with Crippen LogP contribution in [0.25, 0.3) is 11.4 Å². The molecule has 1 heterocycles. The average molecular weight is 447 g/mol. The van der Waals surface area contributed by atoms with Gasteiger partial charge in [-0.3, -0.25) is 19.1 Å². The van der Waals surface area contributed by atoms with E-state index < -0.39 is 17.7 Å². The fourth-order valence-electron chi connectivity index (χ4n) is 2.71. The number of halogens is 1. The summed E-state index contributed by atoms with van der Waals surface area (Å²) in [7, 11) is 0. The number of aromatic amines is 1. The third kappa shape index (κ3) is 5.52. The van der Waals surface area contributed by atoms with E-state index in [2.05, 4.69) is 25.3 Å². The minimum absolute atomic E-state index is 0.252. The molecule has 0 saturated carbocycles. The monoisotopic (exact) mass is 446 g/mol. The first-order valence-electron chi connectivity index (χ1n) is 8.99. The van der Waals surface area contributed by atoms with Gasteiger partial charge in [-0.05, 0) is 42.7 Å². The normalized spacial score (nSPS) is 11.7. The molecule has 0 aliphatic heterocycles. The van der Waals surface area contributed by atoms with E-state index in [1.807, 2.05) is 6.26 Å². The molecule has 0 radical (unpaired) electrons. The topological polar surface area (TPSA) is 117 Å². The maximum absolute atomic E-state index is 12.9. The number of carbonyl (C=O) groups excluding carboxylic acids is 2. The molecule has 8 nitrogen and oxygen atoms in total. The molecule has 156 valence electrons. The number of nitrogens with zero attached hydrogens (tertiary/aromatic N) is 1. The van der Waals surface area contributed by atoms with E-state index >= 15 is 0 Å². The predicted octanol–water partition coefficient (Wildman–Crippen LogP) is 3.17. The Morgan fingerprint density at radius 1 is 1.23 bits per heavy atom. The molecule has 2 amide bonds. The van der Waals surface area contributed by atoms with Gasteiger partial charge < -0.3 is 10.6 Å². The van der Waals surface area contributed by atoms with Gasteiger partial charge in [0.05, 0.1) is 10.6 Å². The Kier molecular flexibility index (Phi) is 7.31. The van der Waals surface area contributed by atoms with Crippen molar-refractivity contribution in [2.75, 3.05) is 17.3 Å². The van der Waals surface area contributed by atoms with E-state index in [4.69, 9.17) is 11.6 Å². The highest BCUT2D eigenvalue weighted by molar-refractivity contribution is 7.98. The van der Waals surface area contributed by atoms with Crippen molar-refractivity contribution < 1.29 is 14.1 Å². The zero-order chi connectivity index (χ0) is 21.5. The molecule has 0 aliphatic rings. The first-order chi connectivity index (χ1) is 14.5. The van der Waals surface area contributed by atoms with Gasteiger partial charge >= 0.3 is 5.76 Å². The highest BCUT2D eigenvalue weighted by Crippen LogP contribution is 2.19. The molecule has 1 aromatic heterocycles. The van der Waals surface area contributed by atoms with Crippen molar-refractivity contribution in [3.05, 3.63) is 69.7 Å². The summed E-state index contributed by atoms with van der Waals surface area (Å²) < 4.78 is 4.51. The summed E-state index contributed by atoms with van der Waals surface area (Å²) in [4.78, 5) is 39.1. The molecule has 0 fully saturated rings. The number of hydrogen-bond acceptors (Lipinski definition) is 6. The highest BCUT2D eigenvalue weighted by Gasteiger charge is 2.22. The number of thioether (sulfide) groups is 1. The quantitative estimate of drug-likeness (QED) is 0.489. The number of anilines is 1. The molecular weight excluding hydrogens is 428 g/mol. The number of benzene rings is 2. The van der Waals surface area contributed by atoms with E-state index in [1.54, 1.807) is 60.3 Å². The summed E-state index contributed by atoms with van der Waals surface area (Å²) in [5.74, 6) is -0.520. The van der Waals surface area contributed by atoms with Gasteiger partial charge in [0.2, 0.25) is 5.91 Å². The van der Waals surface area contributed by atoms with Crippen LogP contribution in [0.4, 0.5) is 5.69 Å². The number of amides is 2. The number of carbonyl (C=O) groups is 2. The lowest BCUT2D eigenvalue weighted by molar-refractivity contribution is -0.118. The number of aromatic nitrogens is 2. The van der Waals surface area contributed by atoms with Crippen LogP contribution >= 0.6 is 23.4 Å². The van der Waals surface area contributed by atoms with Crippen LogP contribution in [0.2, 0.25) is 5.02 Å². The maximum Gasteiger partial charge on any atom is 0.439 e. The van der Waals surface area contributed by atoms with Crippen LogP contribution < -0.4 is 16.4 Å². The molecule has 30 heavy (non-hydrogen) atoms. The molecule has 1 atom stereocenters. The van der Waals surface area contributed by atoms with Crippen molar-refractivity contribution in [3.8, 4) is 11.4 Å². The second-order valence-electron chi connectivity index (χ2n) is 6.30. The second-order valence-corrected chi connectivity index (χ2v) is 7.69. The Labute approximate surface area is 181 Å². The van der Waals surface area contributed by atoms with Crippen LogP contribution in [-0.2, 0) is 4.79 Å². The van der Waals surface area contributed by atoms with E-state index in [0.29, 0.717) is 34.0 Å². The van der Waals surface area contributed by atoms with Crippen molar-refractivity contribution >= 4 is 40.9 Å². The van der Waals surface area contributed by atoms with Crippen molar-refractivity contribution in [1.29, 1.82) is 0 Å². The number of rotatable bonds is 8. The molecule has 2 aromatic carbocycles. The average Bonchev–Trinajstić information content (AvgIpc) is 3.17. The molecule has 0 saturated heterocycles. The summed E-state index contributed by atoms with van der Waals surface area (Å²) in [6.45, 7) is 0.